The van der Waals surface area contributed by atoms with E-state index >= 15 is 0 Å². The Morgan fingerprint density at radius 3 is 2.26 bits per heavy atom. The minimum Gasteiger partial charge on any atom is -0.303 e. The maximum atomic E-state index is 14.5. The molecule has 1 nitrogen and oxygen atoms in total. The molecule has 114 valence electrons. The van der Waals surface area contributed by atoms with Crippen LogP contribution in [0.5, 0.6) is 0 Å². The molecule has 0 aromatic heterocycles. The summed E-state index contributed by atoms with van der Waals surface area (Å²) in [6.45, 7) is 0. The fraction of sp³-hybridized carbons (Fsp3) is 0.0952. The second kappa shape index (κ2) is 7.01. The van der Waals surface area contributed by atoms with Gasteiger partial charge < -0.3 is 4.79 Å². The van der Waals surface area contributed by atoms with Crippen molar-refractivity contribution in [3.05, 3.63) is 84.2 Å². The highest BCUT2D eigenvalue weighted by Gasteiger charge is 2.09. The van der Waals surface area contributed by atoms with Gasteiger partial charge in [-0.1, -0.05) is 66.7 Å². The second-order valence-corrected chi connectivity index (χ2v) is 5.42. The zero-order valence-corrected chi connectivity index (χ0v) is 12.7. The molecule has 0 saturated heterocycles. The van der Waals surface area contributed by atoms with Gasteiger partial charge in [0.15, 0.2) is 0 Å². The summed E-state index contributed by atoms with van der Waals surface area (Å²) in [6.07, 6.45) is 2.05. The van der Waals surface area contributed by atoms with E-state index in [9.17, 15) is 9.18 Å². The van der Waals surface area contributed by atoms with Crippen LogP contribution in [0.2, 0.25) is 0 Å². The van der Waals surface area contributed by atoms with Crippen LogP contribution < -0.4 is 0 Å². The van der Waals surface area contributed by atoms with E-state index < -0.39 is 0 Å². The number of aldehydes is 1. The first kappa shape index (κ1) is 15.2. The molecule has 0 fully saturated rings. The molecule has 3 aromatic carbocycles. The summed E-state index contributed by atoms with van der Waals surface area (Å²) in [5.41, 5.74) is 4.34. The molecule has 0 radical (unpaired) electrons. The van der Waals surface area contributed by atoms with Crippen molar-refractivity contribution in [2.45, 2.75) is 12.8 Å². The Balaban J connectivity index is 2.00. The first-order valence-corrected chi connectivity index (χ1v) is 7.66. The van der Waals surface area contributed by atoms with E-state index in [-0.39, 0.29) is 5.82 Å². The van der Waals surface area contributed by atoms with Crippen LogP contribution in [0.3, 0.4) is 0 Å². The maximum absolute atomic E-state index is 14.5. The number of benzene rings is 3. The van der Waals surface area contributed by atoms with Gasteiger partial charge in [-0.05, 0) is 34.7 Å². The smallest absolute Gasteiger partial charge is 0.131 e. The van der Waals surface area contributed by atoms with E-state index in [2.05, 4.69) is 0 Å². The number of aryl methyl sites for hydroxylation is 1. The summed E-state index contributed by atoms with van der Waals surface area (Å²) < 4.78 is 14.5. The van der Waals surface area contributed by atoms with Crippen LogP contribution in [0.15, 0.2) is 72.8 Å². The SMILES string of the molecule is O=CCCc1ccccc1-c1ccc(-c2ccccc2)c(F)c1. The molecule has 0 unspecified atom stereocenters. The number of hydrogen-bond donors (Lipinski definition) is 0. The normalized spacial score (nSPS) is 10.5. The zero-order chi connectivity index (χ0) is 16.1. The van der Waals surface area contributed by atoms with Gasteiger partial charge in [0.1, 0.15) is 12.1 Å². The molecule has 3 rings (SSSR count). The predicted octanol–water partition coefficient (Wildman–Crippen LogP) is 5.29. The van der Waals surface area contributed by atoms with E-state index in [0.717, 1.165) is 28.5 Å². The quantitative estimate of drug-likeness (QED) is 0.585. The fourth-order valence-electron chi connectivity index (χ4n) is 2.77. The van der Waals surface area contributed by atoms with Crippen molar-refractivity contribution in [1.29, 1.82) is 0 Å². The van der Waals surface area contributed by atoms with Crippen LogP contribution in [0.4, 0.5) is 4.39 Å². The minimum absolute atomic E-state index is 0.237. The van der Waals surface area contributed by atoms with Crippen molar-refractivity contribution < 1.29 is 9.18 Å². The lowest BCUT2D eigenvalue weighted by molar-refractivity contribution is -0.107. The summed E-state index contributed by atoms with van der Waals surface area (Å²) in [4.78, 5) is 10.6. The molecule has 0 amide bonds. The van der Waals surface area contributed by atoms with Crippen molar-refractivity contribution >= 4 is 6.29 Å². The molecule has 2 heteroatoms. The molecule has 0 spiro atoms. The van der Waals surface area contributed by atoms with Crippen molar-refractivity contribution in [3.8, 4) is 22.3 Å². The number of carbonyl (C=O) groups excluding carboxylic acids is 1. The van der Waals surface area contributed by atoms with Crippen LogP contribution in [0.25, 0.3) is 22.3 Å². The Morgan fingerprint density at radius 2 is 1.52 bits per heavy atom. The molecular weight excluding hydrogens is 287 g/mol. The van der Waals surface area contributed by atoms with Gasteiger partial charge in [-0.25, -0.2) is 4.39 Å². The number of hydrogen-bond acceptors (Lipinski definition) is 1. The number of carbonyl (C=O) groups is 1. The predicted molar refractivity (Wildman–Crippen MR) is 91.7 cm³/mol. The third-order valence-corrected chi connectivity index (χ3v) is 3.91. The minimum atomic E-state index is -0.237. The highest BCUT2D eigenvalue weighted by atomic mass is 19.1. The van der Waals surface area contributed by atoms with Crippen molar-refractivity contribution in [1.82, 2.24) is 0 Å². The lowest BCUT2D eigenvalue weighted by Gasteiger charge is -2.11. The summed E-state index contributed by atoms with van der Waals surface area (Å²) in [5, 5.41) is 0. The van der Waals surface area contributed by atoms with Gasteiger partial charge >= 0.3 is 0 Å². The molecular formula is C21H17FO. The van der Waals surface area contributed by atoms with Crippen LogP contribution in [0, 0.1) is 5.82 Å². The van der Waals surface area contributed by atoms with Crippen molar-refractivity contribution in [2.24, 2.45) is 0 Å². The van der Waals surface area contributed by atoms with Gasteiger partial charge in [-0.3, -0.25) is 0 Å². The Bertz CT molecular complexity index is 809. The average molecular weight is 304 g/mol. The molecule has 0 heterocycles. The zero-order valence-electron chi connectivity index (χ0n) is 12.7. The number of rotatable bonds is 5. The Kier molecular flexibility index (Phi) is 4.62. The van der Waals surface area contributed by atoms with Gasteiger partial charge in [0.25, 0.3) is 0 Å². The summed E-state index contributed by atoms with van der Waals surface area (Å²) in [6, 6.07) is 22.7. The Hall–Kier alpha value is -2.74. The maximum Gasteiger partial charge on any atom is 0.131 e. The molecule has 0 atom stereocenters. The third-order valence-electron chi connectivity index (χ3n) is 3.91. The summed E-state index contributed by atoms with van der Waals surface area (Å²) in [7, 11) is 0. The topological polar surface area (TPSA) is 17.1 Å². The lowest BCUT2D eigenvalue weighted by atomic mass is 9.95. The molecule has 0 aliphatic heterocycles. The van der Waals surface area contributed by atoms with Gasteiger partial charge in [0, 0.05) is 12.0 Å². The lowest BCUT2D eigenvalue weighted by Crippen LogP contribution is -1.92. The van der Waals surface area contributed by atoms with E-state index in [1.165, 1.54) is 0 Å². The van der Waals surface area contributed by atoms with Crippen molar-refractivity contribution in [2.75, 3.05) is 0 Å². The van der Waals surface area contributed by atoms with E-state index in [4.69, 9.17) is 0 Å². The molecule has 0 bridgehead atoms. The van der Waals surface area contributed by atoms with Gasteiger partial charge in [0.05, 0.1) is 0 Å². The Labute approximate surface area is 135 Å². The largest absolute Gasteiger partial charge is 0.303 e. The molecule has 0 N–H and O–H groups in total. The number of halogens is 1. The van der Waals surface area contributed by atoms with Crippen molar-refractivity contribution in [3.63, 3.8) is 0 Å². The first-order chi connectivity index (χ1) is 11.3. The molecule has 23 heavy (non-hydrogen) atoms. The van der Waals surface area contributed by atoms with E-state index in [1.54, 1.807) is 6.07 Å². The van der Waals surface area contributed by atoms with Crippen LogP contribution >= 0.6 is 0 Å². The summed E-state index contributed by atoms with van der Waals surface area (Å²) >= 11 is 0. The standard InChI is InChI=1S/C21H17FO/c22-21-15-18(12-13-20(21)17-7-2-1-3-8-17)19-11-5-4-9-16(19)10-6-14-23/h1-5,7-9,11-15H,6,10H2. The van der Waals surface area contributed by atoms with E-state index in [0.29, 0.717) is 18.4 Å². The Morgan fingerprint density at radius 1 is 0.783 bits per heavy atom. The monoisotopic (exact) mass is 304 g/mol. The highest BCUT2D eigenvalue weighted by Crippen LogP contribution is 2.30. The van der Waals surface area contributed by atoms with Gasteiger partial charge in [0.2, 0.25) is 0 Å². The summed E-state index contributed by atoms with van der Waals surface area (Å²) in [5.74, 6) is -0.237. The first-order valence-electron chi connectivity index (χ1n) is 7.66. The van der Waals surface area contributed by atoms with Gasteiger partial charge in [-0.2, -0.15) is 0 Å². The third kappa shape index (κ3) is 3.37. The fourth-order valence-corrected chi connectivity index (χ4v) is 2.77. The average Bonchev–Trinajstić information content (AvgIpc) is 2.61. The van der Waals surface area contributed by atoms with Gasteiger partial charge in [-0.15, -0.1) is 0 Å². The van der Waals surface area contributed by atoms with Crippen LogP contribution in [-0.2, 0) is 11.2 Å². The molecule has 3 aromatic rings. The highest BCUT2D eigenvalue weighted by molar-refractivity contribution is 5.73. The molecule has 0 aliphatic rings. The van der Waals surface area contributed by atoms with E-state index in [1.807, 2.05) is 66.7 Å². The van der Waals surface area contributed by atoms with Crippen LogP contribution in [-0.4, -0.2) is 6.29 Å². The molecule has 0 aliphatic carbocycles. The van der Waals surface area contributed by atoms with Crippen LogP contribution in [0.1, 0.15) is 12.0 Å². The second-order valence-electron chi connectivity index (χ2n) is 5.42. The molecule has 0 saturated carbocycles.